The lowest BCUT2D eigenvalue weighted by Crippen LogP contribution is -2.44. The fourth-order valence-corrected chi connectivity index (χ4v) is 3.46. The first-order chi connectivity index (χ1) is 10.3. The molecule has 3 N–H and O–H groups in total. The summed E-state index contributed by atoms with van der Waals surface area (Å²) >= 11 is 0. The highest BCUT2D eigenvalue weighted by atomic mass is 32.2. The SMILES string of the molecule is CCNC(=O)[C@@H](C)NS(=O)(=O)c1ccc2c(c1)CCC(=O)N2. The van der Waals surface area contributed by atoms with Gasteiger partial charge in [-0.15, -0.1) is 0 Å². The lowest BCUT2D eigenvalue weighted by molar-refractivity contribution is -0.122. The largest absolute Gasteiger partial charge is 0.355 e. The van der Waals surface area contributed by atoms with Gasteiger partial charge in [0.25, 0.3) is 0 Å². The van der Waals surface area contributed by atoms with Crippen LogP contribution in [0.1, 0.15) is 25.8 Å². The van der Waals surface area contributed by atoms with Crippen LogP contribution >= 0.6 is 0 Å². The van der Waals surface area contributed by atoms with E-state index in [9.17, 15) is 18.0 Å². The Hall–Kier alpha value is -1.93. The molecule has 2 rings (SSSR count). The molecule has 0 bridgehead atoms. The highest BCUT2D eigenvalue weighted by Crippen LogP contribution is 2.25. The Kier molecular flexibility index (Phi) is 4.82. The van der Waals surface area contributed by atoms with Crippen molar-refractivity contribution in [1.82, 2.24) is 10.0 Å². The summed E-state index contributed by atoms with van der Waals surface area (Å²) in [5, 5.41) is 5.26. The molecule has 1 aliphatic rings. The van der Waals surface area contributed by atoms with Crippen LogP contribution in [0.2, 0.25) is 0 Å². The van der Waals surface area contributed by atoms with Crippen molar-refractivity contribution in [3.05, 3.63) is 23.8 Å². The number of fused-ring (bicyclic) bond motifs is 1. The Labute approximate surface area is 129 Å². The lowest BCUT2D eigenvalue weighted by Gasteiger charge is -2.18. The maximum absolute atomic E-state index is 12.3. The number of carbonyl (C=O) groups is 2. The number of hydrogen-bond acceptors (Lipinski definition) is 4. The molecule has 0 fully saturated rings. The van der Waals surface area contributed by atoms with Crippen molar-refractivity contribution in [2.24, 2.45) is 0 Å². The minimum atomic E-state index is -3.79. The molecule has 1 aromatic rings. The van der Waals surface area contributed by atoms with Crippen LogP contribution in [0.3, 0.4) is 0 Å². The third-order valence-electron chi connectivity index (χ3n) is 3.36. The van der Waals surface area contributed by atoms with Gasteiger partial charge in [-0.2, -0.15) is 4.72 Å². The zero-order valence-corrected chi connectivity index (χ0v) is 13.3. The molecule has 0 saturated carbocycles. The zero-order valence-electron chi connectivity index (χ0n) is 12.5. The van der Waals surface area contributed by atoms with E-state index in [1.54, 1.807) is 13.0 Å². The maximum Gasteiger partial charge on any atom is 0.241 e. The molecule has 2 amide bonds. The third-order valence-corrected chi connectivity index (χ3v) is 4.90. The maximum atomic E-state index is 12.3. The van der Waals surface area contributed by atoms with Crippen molar-refractivity contribution in [2.45, 2.75) is 37.6 Å². The van der Waals surface area contributed by atoms with Gasteiger partial charge in [0.2, 0.25) is 21.8 Å². The highest BCUT2D eigenvalue weighted by molar-refractivity contribution is 7.89. The number of amides is 2. The van der Waals surface area contributed by atoms with E-state index in [1.807, 2.05) is 0 Å². The molecule has 1 atom stereocenters. The topological polar surface area (TPSA) is 104 Å². The molecule has 0 radical (unpaired) electrons. The summed E-state index contributed by atoms with van der Waals surface area (Å²) in [6.45, 7) is 3.68. The fourth-order valence-electron chi connectivity index (χ4n) is 2.21. The van der Waals surface area contributed by atoms with Crippen LogP contribution in [0, 0.1) is 0 Å². The number of sulfonamides is 1. The standard InChI is InChI=1S/C14H19N3O4S/c1-3-15-14(19)9(2)17-22(20,21)11-5-6-12-10(8-11)4-7-13(18)16-12/h5-6,8-9,17H,3-4,7H2,1-2H3,(H,15,19)(H,16,18)/t9-/m1/s1. The normalized spacial score (nSPS) is 15.6. The molecular formula is C14H19N3O4S. The summed E-state index contributed by atoms with van der Waals surface area (Å²) in [7, 11) is -3.79. The minimum Gasteiger partial charge on any atom is -0.355 e. The molecule has 7 nitrogen and oxygen atoms in total. The van der Waals surface area contributed by atoms with E-state index in [-0.39, 0.29) is 16.7 Å². The zero-order chi connectivity index (χ0) is 16.3. The fraction of sp³-hybridized carbons (Fsp3) is 0.429. The monoisotopic (exact) mass is 325 g/mol. The van der Waals surface area contributed by atoms with Crippen molar-refractivity contribution in [2.75, 3.05) is 11.9 Å². The molecule has 1 aromatic carbocycles. The van der Waals surface area contributed by atoms with E-state index >= 15 is 0 Å². The molecule has 0 aromatic heterocycles. The molecule has 0 spiro atoms. The van der Waals surface area contributed by atoms with Gasteiger partial charge in [-0.25, -0.2) is 8.42 Å². The van der Waals surface area contributed by atoms with E-state index < -0.39 is 16.1 Å². The second-order valence-electron chi connectivity index (χ2n) is 5.10. The van der Waals surface area contributed by atoms with Crippen molar-refractivity contribution in [3.8, 4) is 0 Å². The molecule has 1 heterocycles. The number of likely N-dealkylation sites (N-methyl/N-ethyl adjacent to an activating group) is 1. The van der Waals surface area contributed by atoms with Crippen molar-refractivity contribution in [1.29, 1.82) is 0 Å². The average Bonchev–Trinajstić information content (AvgIpc) is 2.46. The van der Waals surface area contributed by atoms with Gasteiger partial charge in [-0.05, 0) is 44.0 Å². The molecule has 0 saturated heterocycles. The van der Waals surface area contributed by atoms with Crippen LogP contribution in [-0.2, 0) is 26.0 Å². The second-order valence-corrected chi connectivity index (χ2v) is 6.82. The Morgan fingerprint density at radius 1 is 1.36 bits per heavy atom. The van der Waals surface area contributed by atoms with Crippen LogP contribution in [0.4, 0.5) is 5.69 Å². The Morgan fingerprint density at radius 2 is 2.09 bits per heavy atom. The first kappa shape index (κ1) is 16.4. The predicted octanol–water partition coefficient (Wildman–Crippen LogP) is 0.374. The first-order valence-electron chi connectivity index (χ1n) is 7.06. The van der Waals surface area contributed by atoms with Gasteiger partial charge < -0.3 is 10.6 Å². The van der Waals surface area contributed by atoms with E-state index in [0.717, 1.165) is 5.56 Å². The molecule has 1 aliphatic heterocycles. The molecule has 0 aliphatic carbocycles. The molecule has 8 heteroatoms. The number of aryl methyl sites for hydroxylation is 1. The third kappa shape index (κ3) is 3.63. The number of nitrogens with one attached hydrogen (secondary N) is 3. The Balaban J connectivity index is 2.20. The predicted molar refractivity (Wildman–Crippen MR) is 81.9 cm³/mol. The van der Waals surface area contributed by atoms with Crippen LogP contribution < -0.4 is 15.4 Å². The second kappa shape index (κ2) is 6.45. The van der Waals surface area contributed by atoms with Gasteiger partial charge in [-0.1, -0.05) is 0 Å². The Bertz CT molecular complexity index is 700. The molecule has 0 unspecified atom stereocenters. The lowest BCUT2D eigenvalue weighted by atomic mass is 10.0. The van der Waals surface area contributed by atoms with Gasteiger partial charge in [-0.3, -0.25) is 9.59 Å². The quantitative estimate of drug-likeness (QED) is 0.727. The van der Waals surface area contributed by atoms with Crippen LogP contribution in [0.25, 0.3) is 0 Å². The summed E-state index contributed by atoms with van der Waals surface area (Å²) in [5.74, 6) is -0.456. The number of anilines is 1. The van der Waals surface area contributed by atoms with E-state index in [2.05, 4.69) is 15.4 Å². The van der Waals surface area contributed by atoms with E-state index in [1.165, 1.54) is 19.1 Å². The number of benzene rings is 1. The Morgan fingerprint density at radius 3 is 2.77 bits per heavy atom. The summed E-state index contributed by atoms with van der Waals surface area (Å²) < 4.78 is 27.0. The molecule has 22 heavy (non-hydrogen) atoms. The summed E-state index contributed by atoms with van der Waals surface area (Å²) in [6.07, 6.45) is 0.829. The summed E-state index contributed by atoms with van der Waals surface area (Å²) in [5.41, 5.74) is 1.40. The van der Waals surface area contributed by atoms with Crippen LogP contribution in [-0.4, -0.2) is 32.8 Å². The smallest absolute Gasteiger partial charge is 0.241 e. The minimum absolute atomic E-state index is 0.0777. The van der Waals surface area contributed by atoms with Crippen molar-refractivity contribution < 1.29 is 18.0 Å². The van der Waals surface area contributed by atoms with Crippen molar-refractivity contribution >= 4 is 27.5 Å². The van der Waals surface area contributed by atoms with Crippen molar-refractivity contribution in [3.63, 3.8) is 0 Å². The van der Waals surface area contributed by atoms with Crippen LogP contribution in [0.5, 0.6) is 0 Å². The first-order valence-corrected chi connectivity index (χ1v) is 8.54. The van der Waals surface area contributed by atoms with E-state index in [4.69, 9.17) is 0 Å². The average molecular weight is 325 g/mol. The molecule has 120 valence electrons. The number of hydrogen-bond donors (Lipinski definition) is 3. The van der Waals surface area contributed by atoms with Crippen LogP contribution in [0.15, 0.2) is 23.1 Å². The molecular weight excluding hydrogens is 306 g/mol. The van der Waals surface area contributed by atoms with Gasteiger partial charge in [0.05, 0.1) is 10.9 Å². The summed E-state index contributed by atoms with van der Waals surface area (Å²) in [6, 6.07) is 3.65. The van der Waals surface area contributed by atoms with Gasteiger partial charge >= 0.3 is 0 Å². The van der Waals surface area contributed by atoms with Gasteiger partial charge in [0.15, 0.2) is 0 Å². The highest BCUT2D eigenvalue weighted by Gasteiger charge is 2.23. The van der Waals surface area contributed by atoms with E-state index in [0.29, 0.717) is 25.1 Å². The van der Waals surface area contributed by atoms with Gasteiger partial charge in [0, 0.05) is 18.7 Å². The number of rotatable bonds is 5. The van der Waals surface area contributed by atoms with Gasteiger partial charge in [0.1, 0.15) is 0 Å². The number of carbonyl (C=O) groups excluding carboxylic acids is 2. The summed E-state index contributed by atoms with van der Waals surface area (Å²) in [4.78, 5) is 23.0.